The van der Waals surface area contributed by atoms with Crippen LogP contribution in [0.4, 0.5) is 5.95 Å². The summed E-state index contributed by atoms with van der Waals surface area (Å²) in [4.78, 5) is 8.75. The molecule has 0 amide bonds. The second-order valence-electron chi connectivity index (χ2n) is 4.66. The standard InChI is InChI=1S/C15H18BrN3S/c1-4-17-15-18-8-13(16)14(19-15)20-9-12-6-10(2)5-11(3)7-12/h5-8H,4,9H2,1-3H3,(H,17,18,19). The summed E-state index contributed by atoms with van der Waals surface area (Å²) < 4.78 is 0.938. The highest BCUT2D eigenvalue weighted by Gasteiger charge is 2.06. The molecule has 2 aromatic rings. The first-order valence-electron chi connectivity index (χ1n) is 6.55. The van der Waals surface area contributed by atoms with Gasteiger partial charge < -0.3 is 5.32 Å². The largest absolute Gasteiger partial charge is 0.354 e. The minimum atomic E-state index is 0.679. The zero-order valence-corrected chi connectivity index (χ0v) is 14.3. The van der Waals surface area contributed by atoms with Gasteiger partial charge in [-0.2, -0.15) is 0 Å². The monoisotopic (exact) mass is 351 g/mol. The fourth-order valence-electron chi connectivity index (χ4n) is 2.00. The number of nitrogens with zero attached hydrogens (tertiary/aromatic N) is 2. The smallest absolute Gasteiger partial charge is 0.223 e. The number of thioether (sulfide) groups is 1. The van der Waals surface area contributed by atoms with E-state index < -0.39 is 0 Å². The molecule has 3 nitrogen and oxygen atoms in total. The van der Waals surface area contributed by atoms with Crippen molar-refractivity contribution in [2.45, 2.75) is 31.6 Å². The van der Waals surface area contributed by atoms with E-state index >= 15 is 0 Å². The van der Waals surface area contributed by atoms with Gasteiger partial charge in [0, 0.05) is 18.5 Å². The van der Waals surface area contributed by atoms with Gasteiger partial charge in [-0.1, -0.05) is 29.3 Å². The highest BCUT2D eigenvalue weighted by molar-refractivity contribution is 9.10. The molecule has 0 aliphatic heterocycles. The summed E-state index contributed by atoms with van der Waals surface area (Å²) in [5.74, 6) is 1.59. The van der Waals surface area contributed by atoms with Crippen molar-refractivity contribution in [3.05, 3.63) is 45.6 Å². The van der Waals surface area contributed by atoms with Gasteiger partial charge in [0.2, 0.25) is 5.95 Å². The predicted molar refractivity (Wildman–Crippen MR) is 89.4 cm³/mol. The molecule has 1 heterocycles. The van der Waals surface area contributed by atoms with E-state index in [1.807, 2.05) is 6.92 Å². The number of hydrogen-bond donors (Lipinski definition) is 1. The van der Waals surface area contributed by atoms with Crippen LogP contribution in [0.3, 0.4) is 0 Å². The average Bonchev–Trinajstić information content (AvgIpc) is 2.38. The molecule has 0 aliphatic rings. The molecule has 1 aromatic carbocycles. The summed E-state index contributed by atoms with van der Waals surface area (Å²) >= 11 is 5.23. The molecular weight excluding hydrogens is 334 g/mol. The predicted octanol–water partition coefficient (Wildman–Crippen LogP) is 4.58. The summed E-state index contributed by atoms with van der Waals surface area (Å²) in [6.07, 6.45) is 1.80. The molecule has 0 unspecified atom stereocenters. The molecule has 0 aliphatic carbocycles. The number of hydrogen-bond acceptors (Lipinski definition) is 4. The fraction of sp³-hybridized carbons (Fsp3) is 0.333. The molecule has 20 heavy (non-hydrogen) atoms. The van der Waals surface area contributed by atoms with Crippen molar-refractivity contribution >= 4 is 33.6 Å². The molecule has 0 spiro atoms. The zero-order valence-electron chi connectivity index (χ0n) is 11.9. The normalized spacial score (nSPS) is 10.6. The lowest BCUT2D eigenvalue weighted by atomic mass is 10.1. The maximum absolute atomic E-state index is 4.52. The van der Waals surface area contributed by atoms with Gasteiger partial charge in [0.15, 0.2) is 0 Å². The first-order chi connectivity index (χ1) is 9.58. The van der Waals surface area contributed by atoms with Crippen molar-refractivity contribution in [2.75, 3.05) is 11.9 Å². The molecule has 0 radical (unpaired) electrons. The van der Waals surface area contributed by atoms with Crippen molar-refractivity contribution in [3.63, 3.8) is 0 Å². The first-order valence-corrected chi connectivity index (χ1v) is 8.32. The zero-order chi connectivity index (χ0) is 14.5. The Balaban J connectivity index is 2.11. The van der Waals surface area contributed by atoms with Gasteiger partial charge in [0.25, 0.3) is 0 Å². The number of halogens is 1. The van der Waals surface area contributed by atoms with E-state index in [1.54, 1.807) is 18.0 Å². The highest BCUT2D eigenvalue weighted by Crippen LogP contribution is 2.29. The molecule has 0 atom stereocenters. The molecular formula is C15H18BrN3S. The van der Waals surface area contributed by atoms with Crippen LogP contribution in [0.5, 0.6) is 0 Å². The number of rotatable bonds is 5. The molecule has 1 N–H and O–H groups in total. The van der Waals surface area contributed by atoms with Crippen molar-refractivity contribution in [2.24, 2.45) is 0 Å². The van der Waals surface area contributed by atoms with Crippen molar-refractivity contribution in [3.8, 4) is 0 Å². The minimum Gasteiger partial charge on any atom is -0.354 e. The topological polar surface area (TPSA) is 37.8 Å². The second kappa shape index (κ2) is 7.09. The molecule has 0 bridgehead atoms. The van der Waals surface area contributed by atoms with Crippen LogP contribution in [0.15, 0.2) is 33.9 Å². The minimum absolute atomic E-state index is 0.679. The van der Waals surface area contributed by atoms with E-state index in [9.17, 15) is 0 Å². The Morgan fingerprint density at radius 1 is 1.20 bits per heavy atom. The van der Waals surface area contributed by atoms with Crippen LogP contribution < -0.4 is 5.32 Å². The quantitative estimate of drug-likeness (QED) is 0.631. The number of benzene rings is 1. The third kappa shape index (κ3) is 4.21. The third-order valence-corrected chi connectivity index (χ3v) is 4.61. The van der Waals surface area contributed by atoms with Crippen molar-refractivity contribution in [1.29, 1.82) is 0 Å². The lowest BCUT2D eigenvalue weighted by Gasteiger charge is -2.08. The number of anilines is 1. The summed E-state index contributed by atoms with van der Waals surface area (Å²) in [6.45, 7) is 7.12. The number of nitrogens with one attached hydrogen (secondary N) is 1. The molecule has 5 heteroatoms. The highest BCUT2D eigenvalue weighted by atomic mass is 79.9. The SMILES string of the molecule is CCNc1ncc(Br)c(SCc2cc(C)cc(C)c2)n1. The van der Waals surface area contributed by atoms with E-state index in [-0.39, 0.29) is 0 Å². The van der Waals surface area contributed by atoms with Crippen molar-refractivity contribution in [1.82, 2.24) is 9.97 Å². The molecule has 1 aromatic heterocycles. The second-order valence-corrected chi connectivity index (χ2v) is 6.48. The number of aryl methyl sites for hydroxylation is 2. The van der Waals surface area contributed by atoms with Crippen LogP contribution in [-0.2, 0) is 5.75 Å². The van der Waals surface area contributed by atoms with Gasteiger partial charge >= 0.3 is 0 Å². The van der Waals surface area contributed by atoms with E-state index in [0.717, 1.165) is 21.8 Å². The van der Waals surface area contributed by atoms with Gasteiger partial charge in [-0.05, 0) is 42.3 Å². The van der Waals surface area contributed by atoms with Crippen molar-refractivity contribution < 1.29 is 0 Å². The maximum Gasteiger partial charge on any atom is 0.223 e. The Kier molecular flexibility index (Phi) is 5.43. The number of aromatic nitrogens is 2. The molecule has 106 valence electrons. The van der Waals surface area contributed by atoms with E-state index in [4.69, 9.17) is 0 Å². The molecule has 0 fully saturated rings. The summed E-state index contributed by atoms with van der Waals surface area (Å²) in [6, 6.07) is 6.64. The van der Waals surface area contributed by atoms with Gasteiger partial charge in [-0.3, -0.25) is 0 Å². The Bertz CT molecular complexity index is 581. The van der Waals surface area contributed by atoms with Crippen LogP contribution in [0.2, 0.25) is 0 Å². The average molecular weight is 352 g/mol. The van der Waals surface area contributed by atoms with Crippen LogP contribution in [0.25, 0.3) is 0 Å². The Hall–Kier alpha value is -1.07. The Morgan fingerprint density at radius 2 is 1.90 bits per heavy atom. The lowest BCUT2D eigenvalue weighted by molar-refractivity contribution is 0.998. The van der Waals surface area contributed by atoms with Gasteiger partial charge in [-0.25, -0.2) is 9.97 Å². The Labute approximate surface area is 132 Å². The van der Waals surface area contributed by atoms with Crippen LogP contribution in [0, 0.1) is 13.8 Å². The van der Waals surface area contributed by atoms with Crippen LogP contribution in [-0.4, -0.2) is 16.5 Å². The Morgan fingerprint density at radius 3 is 2.55 bits per heavy atom. The fourth-order valence-corrected chi connectivity index (χ4v) is 3.35. The van der Waals surface area contributed by atoms with Gasteiger partial charge in [0.1, 0.15) is 5.03 Å². The van der Waals surface area contributed by atoms with E-state index in [1.165, 1.54) is 16.7 Å². The molecule has 0 saturated carbocycles. The van der Waals surface area contributed by atoms with Gasteiger partial charge in [-0.15, -0.1) is 11.8 Å². The van der Waals surface area contributed by atoms with Crippen LogP contribution >= 0.6 is 27.7 Å². The van der Waals surface area contributed by atoms with Crippen LogP contribution in [0.1, 0.15) is 23.6 Å². The summed E-state index contributed by atoms with van der Waals surface area (Å²) in [7, 11) is 0. The first kappa shape index (κ1) is 15.3. The lowest BCUT2D eigenvalue weighted by Crippen LogP contribution is -2.02. The summed E-state index contributed by atoms with van der Waals surface area (Å²) in [5, 5.41) is 4.10. The molecule has 2 rings (SSSR count). The summed E-state index contributed by atoms with van der Waals surface area (Å²) in [5.41, 5.74) is 3.93. The maximum atomic E-state index is 4.52. The van der Waals surface area contributed by atoms with E-state index in [0.29, 0.717) is 5.95 Å². The third-order valence-electron chi connectivity index (χ3n) is 2.70. The van der Waals surface area contributed by atoms with E-state index in [2.05, 4.69) is 63.3 Å². The van der Waals surface area contributed by atoms with Gasteiger partial charge in [0.05, 0.1) is 4.47 Å². The molecule has 0 saturated heterocycles.